The highest BCUT2D eigenvalue weighted by Gasteiger charge is 2.17. The summed E-state index contributed by atoms with van der Waals surface area (Å²) in [5, 5.41) is 0. The van der Waals surface area contributed by atoms with E-state index in [0.717, 1.165) is 116 Å². The third kappa shape index (κ3) is 43.5. The summed E-state index contributed by atoms with van der Waals surface area (Å²) in [6.45, 7) is 7.40. The van der Waals surface area contributed by atoms with E-state index in [9.17, 15) is 9.59 Å². The first-order chi connectivity index (χ1) is 27.6. The Morgan fingerprint density at radius 1 is 0.411 bits per heavy atom. The molecule has 0 aliphatic heterocycles. The van der Waals surface area contributed by atoms with Crippen molar-refractivity contribution < 1.29 is 23.8 Å². The Morgan fingerprint density at radius 2 is 0.804 bits per heavy atom. The minimum absolute atomic E-state index is 0.0570. The van der Waals surface area contributed by atoms with Gasteiger partial charge < -0.3 is 14.2 Å². The van der Waals surface area contributed by atoms with E-state index in [1.165, 1.54) is 38.5 Å². The summed E-state index contributed by atoms with van der Waals surface area (Å²) in [5.41, 5.74) is 0. The van der Waals surface area contributed by atoms with Crippen LogP contribution in [0.3, 0.4) is 0 Å². The smallest absolute Gasteiger partial charge is 0.306 e. The fourth-order valence-electron chi connectivity index (χ4n) is 5.78. The lowest BCUT2D eigenvalue weighted by molar-refractivity contribution is -0.163. The predicted molar refractivity (Wildman–Crippen MR) is 242 cm³/mol. The molecule has 0 bridgehead atoms. The second-order valence-corrected chi connectivity index (χ2v) is 14.5. The van der Waals surface area contributed by atoms with Crippen LogP contribution in [0.25, 0.3) is 0 Å². The second-order valence-electron chi connectivity index (χ2n) is 14.5. The summed E-state index contributed by atoms with van der Waals surface area (Å²) in [5.74, 6) is -0.453. The quantitative estimate of drug-likeness (QED) is 0.0352. The number of hydrogen-bond acceptors (Lipinski definition) is 5. The van der Waals surface area contributed by atoms with Gasteiger partial charge in [-0.05, 0) is 96.3 Å². The first-order valence-corrected chi connectivity index (χ1v) is 22.8. The maximum atomic E-state index is 12.5. The van der Waals surface area contributed by atoms with E-state index >= 15 is 0 Å². The Balaban J connectivity index is 4.17. The Labute approximate surface area is 345 Å². The van der Waals surface area contributed by atoms with Crippen molar-refractivity contribution in [1.29, 1.82) is 0 Å². The van der Waals surface area contributed by atoms with Crippen molar-refractivity contribution in [3.63, 3.8) is 0 Å². The monoisotopic (exact) mass is 777 g/mol. The zero-order chi connectivity index (χ0) is 40.7. The molecule has 0 aromatic heterocycles. The van der Waals surface area contributed by atoms with Gasteiger partial charge in [-0.2, -0.15) is 0 Å². The van der Waals surface area contributed by atoms with E-state index in [4.69, 9.17) is 14.2 Å². The molecule has 0 saturated carbocycles. The molecule has 0 N–H and O–H groups in total. The molecule has 5 heteroatoms. The van der Waals surface area contributed by atoms with Crippen molar-refractivity contribution in [3.8, 4) is 0 Å². The normalized spacial score (nSPS) is 13.1. The zero-order valence-corrected chi connectivity index (χ0v) is 36.4. The molecule has 0 fully saturated rings. The number of allylic oxidation sites excluding steroid dienone is 16. The summed E-state index contributed by atoms with van der Waals surface area (Å²) < 4.78 is 17.1. The van der Waals surface area contributed by atoms with Gasteiger partial charge in [0.2, 0.25) is 0 Å². The minimum Gasteiger partial charge on any atom is -0.462 e. The average Bonchev–Trinajstić information content (AvgIpc) is 3.20. The lowest BCUT2D eigenvalue weighted by Crippen LogP contribution is -2.30. The van der Waals surface area contributed by atoms with E-state index in [1.54, 1.807) is 0 Å². The summed E-state index contributed by atoms with van der Waals surface area (Å²) >= 11 is 0. The molecule has 0 heterocycles. The Bertz CT molecular complexity index is 1110. The van der Waals surface area contributed by atoms with Gasteiger partial charge in [-0.1, -0.05) is 176 Å². The highest BCUT2D eigenvalue weighted by Crippen LogP contribution is 2.12. The van der Waals surface area contributed by atoms with Crippen LogP contribution < -0.4 is 0 Å². The van der Waals surface area contributed by atoms with E-state index < -0.39 is 6.10 Å². The molecular formula is C51H84O5. The maximum Gasteiger partial charge on any atom is 0.306 e. The van der Waals surface area contributed by atoms with Gasteiger partial charge in [0.1, 0.15) is 6.61 Å². The average molecular weight is 777 g/mol. The van der Waals surface area contributed by atoms with Crippen LogP contribution in [0.5, 0.6) is 0 Å². The molecule has 0 radical (unpaired) electrons. The molecule has 0 rings (SSSR count). The third-order valence-electron chi connectivity index (χ3n) is 9.12. The summed E-state index contributed by atoms with van der Waals surface area (Å²) in [6.07, 6.45) is 61.5. The van der Waals surface area contributed by atoms with Gasteiger partial charge in [0.05, 0.1) is 6.61 Å². The van der Waals surface area contributed by atoms with Crippen LogP contribution >= 0.6 is 0 Å². The SMILES string of the molecule is CC/C=C\C/C=C\C/C=C\C/C=C\C/C=C\CCCCOCC(COC(=O)CCCCCCCCC/C=C\C/C=C\C/C=C\CC)OC(=O)CCCCCCC. The molecule has 0 aromatic rings. The highest BCUT2D eigenvalue weighted by molar-refractivity contribution is 5.70. The predicted octanol–water partition coefficient (Wildman–Crippen LogP) is 15.1. The van der Waals surface area contributed by atoms with Crippen LogP contribution in [-0.4, -0.2) is 37.9 Å². The molecule has 318 valence electrons. The Hall–Kier alpha value is -3.18. The number of rotatable bonds is 40. The van der Waals surface area contributed by atoms with Crippen LogP contribution in [0.4, 0.5) is 0 Å². The van der Waals surface area contributed by atoms with E-state index in [-0.39, 0.29) is 25.2 Å². The van der Waals surface area contributed by atoms with Crippen LogP contribution in [0.15, 0.2) is 97.2 Å². The van der Waals surface area contributed by atoms with Gasteiger partial charge in [-0.25, -0.2) is 0 Å². The van der Waals surface area contributed by atoms with Crippen molar-refractivity contribution in [1.82, 2.24) is 0 Å². The van der Waals surface area contributed by atoms with E-state index in [0.29, 0.717) is 19.4 Å². The largest absolute Gasteiger partial charge is 0.462 e. The van der Waals surface area contributed by atoms with Gasteiger partial charge in [0, 0.05) is 19.4 Å². The molecule has 0 aromatic carbocycles. The van der Waals surface area contributed by atoms with Crippen LogP contribution in [0, 0.1) is 0 Å². The molecular weight excluding hydrogens is 693 g/mol. The van der Waals surface area contributed by atoms with Gasteiger partial charge in [0.15, 0.2) is 6.10 Å². The topological polar surface area (TPSA) is 61.8 Å². The van der Waals surface area contributed by atoms with Gasteiger partial charge in [-0.3, -0.25) is 9.59 Å². The van der Waals surface area contributed by atoms with Crippen molar-refractivity contribution >= 4 is 11.9 Å². The van der Waals surface area contributed by atoms with E-state index in [1.807, 2.05) is 0 Å². The standard InChI is InChI=1S/C51H84O5/c1-4-7-10-13-15-17-19-21-23-25-27-29-31-33-35-37-40-43-46-54-47-49(56-51(53)45-42-38-12-9-6-3)48-55-50(52)44-41-39-36-34-32-30-28-26-24-22-20-18-16-14-11-8-5-2/h7-8,10-11,15-18,21-24,27,29,33,35,49H,4-6,9,12-14,19-20,25-26,28,30-32,34,36-48H2,1-3H3/b10-7-,11-8-,17-15-,18-16-,23-21-,24-22-,29-27-,35-33-. The van der Waals surface area contributed by atoms with Gasteiger partial charge in [-0.15, -0.1) is 0 Å². The number of esters is 2. The molecule has 1 unspecified atom stereocenters. The van der Waals surface area contributed by atoms with Gasteiger partial charge >= 0.3 is 11.9 Å². The molecule has 0 amide bonds. The van der Waals surface area contributed by atoms with Gasteiger partial charge in [0.25, 0.3) is 0 Å². The van der Waals surface area contributed by atoms with Crippen molar-refractivity contribution in [2.75, 3.05) is 19.8 Å². The first-order valence-electron chi connectivity index (χ1n) is 22.8. The van der Waals surface area contributed by atoms with Crippen LogP contribution in [-0.2, 0) is 23.8 Å². The fraction of sp³-hybridized carbons (Fsp3) is 0.647. The Kier molecular flexibility index (Phi) is 43.6. The molecule has 1 atom stereocenters. The Morgan fingerprint density at radius 3 is 1.29 bits per heavy atom. The third-order valence-corrected chi connectivity index (χ3v) is 9.12. The van der Waals surface area contributed by atoms with E-state index in [2.05, 4.69) is 118 Å². The summed E-state index contributed by atoms with van der Waals surface area (Å²) in [4.78, 5) is 25.0. The van der Waals surface area contributed by atoms with Crippen LogP contribution in [0.1, 0.15) is 188 Å². The lowest BCUT2D eigenvalue weighted by atomic mass is 10.1. The molecule has 0 spiro atoms. The molecule has 0 aliphatic carbocycles. The number of carbonyl (C=O) groups is 2. The van der Waals surface area contributed by atoms with Crippen molar-refractivity contribution in [2.24, 2.45) is 0 Å². The zero-order valence-electron chi connectivity index (χ0n) is 36.4. The maximum absolute atomic E-state index is 12.5. The number of unbranched alkanes of at least 4 members (excludes halogenated alkanes) is 13. The fourth-order valence-corrected chi connectivity index (χ4v) is 5.78. The summed E-state index contributed by atoms with van der Waals surface area (Å²) in [6, 6.07) is 0. The lowest BCUT2D eigenvalue weighted by Gasteiger charge is -2.18. The van der Waals surface area contributed by atoms with Crippen LogP contribution in [0.2, 0.25) is 0 Å². The number of ether oxygens (including phenoxy) is 3. The molecule has 5 nitrogen and oxygen atoms in total. The molecule has 0 saturated heterocycles. The highest BCUT2D eigenvalue weighted by atomic mass is 16.6. The minimum atomic E-state index is -0.563. The number of carbonyl (C=O) groups excluding carboxylic acids is 2. The number of hydrogen-bond donors (Lipinski definition) is 0. The molecule has 0 aliphatic rings. The molecule has 56 heavy (non-hydrogen) atoms. The van der Waals surface area contributed by atoms with Crippen molar-refractivity contribution in [3.05, 3.63) is 97.2 Å². The second kappa shape index (κ2) is 46.2. The first kappa shape index (κ1) is 52.8. The summed E-state index contributed by atoms with van der Waals surface area (Å²) in [7, 11) is 0. The van der Waals surface area contributed by atoms with Crippen molar-refractivity contribution in [2.45, 2.75) is 194 Å².